The lowest BCUT2D eigenvalue weighted by atomic mass is 10.2. The number of thiazole rings is 1. The van der Waals surface area contributed by atoms with Crippen LogP contribution in [0.25, 0.3) is 10.6 Å². The highest BCUT2D eigenvalue weighted by Gasteiger charge is 2.12. The summed E-state index contributed by atoms with van der Waals surface area (Å²) < 4.78 is 0. The number of hydrogen-bond acceptors (Lipinski definition) is 5. The number of thiophene rings is 1. The van der Waals surface area contributed by atoms with Crippen molar-refractivity contribution < 1.29 is 9.59 Å². The van der Waals surface area contributed by atoms with E-state index in [4.69, 9.17) is 0 Å². The molecule has 0 bridgehead atoms. The average molecular weight is 323 g/mol. The molecular formula is C14H17N3O2S2. The van der Waals surface area contributed by atoms with Crippen molar-refractivity contribution in [1.29, 1.82) is 0 Å². The van der Waals surface area contributed by atoms with Gasteiger partial charge in [0.2, 0.25) is 5.91 Å². The first-order valence-electron chi connectivity index (χ1n) is 6.62. The van der Waals surface area contributed by atoms with Gasteiger partial charge in [-0.2, -0.15) is 11.3 Å². The first-order chi connectivity index (χ1) is 10.1. The van der Waals surface area contributed by atoms with Gasteiger partial charge < -0.3 is 10.6 Å². The van der Waals surface area contributed by atoms with E-state index in [9.17, 15) is 9.59 Å². The monoisotopic (exact) mass is 323 g/mol. The smallest absolute Gasteiger partial charge is 0.270 e. The summed E-state index contributed by atoms with van der Waals surface area (Å²) in [5.41, 5.74) is 1.45. The van der Waals surface area contributed by atoms with Crippen LogP contribution in [0.1, 0.15) is 24.3 Å². The van der Waals surface area contributed by atoms with Crippen LogP contribution in [0.3, 0.4) is 0 Å². The summed E-state index contributed by atoms with van der Waals surface area (Å²) in [5, 5.41) is 12.1. The predicted molar refractivity (Wildman–Crippen MR) is 85.6 cm³/mol. The SMILES string of the molecule is CC(C)C(=O)NCCNC(=O)c1csc(-c2ccsc2)n1. The molecule has 0 aliphatic rings. The maximum atomic E-state index is 11.9. The largest absolute Gasteiger partial charge is 0.354 e. The Morgan fingerprint density at radius 3 is 2.67 bits per heavy atom. The van der Waals surface area contributed by atoms with E-state index in [1.54, 1.807) is 16.7 Å². The molecule has 7 heteroatoms. The van der Waals surface area contributed by atoms with E-state index in [1.807, 2.05) is 30.7 Å². The lowest BCUT2D eigenvalue weighted by molar-refractivity contribution is -0.123. The quantitative estimate of drug-likeness (QED) is 0.802. The van der Waals surface area contributed by atoms with E-state index in [-0.39, 0.29) is 17.7 Å². The highest BCUT2D eigenvalue weighted by Crippen LogP contribution is 2.25. The van der Waals surface area contributed by atoms with Crippen LogP contribution in [-0.2, 0) is 4.79 Å². The molecule has 0 aliphatic carbocycles. The van der Waals surface area contributed by atoms with E-state index in [2.05, 4.69) is 15.6 Å². The molecule has 2 heterocycles. The molecule has 2 rings (SSSR count). The van der Waals surface area contributed by atoms with Crippen LogP contribution in [-0.4, -0.2) is 29.9 Å². The van der Waals surface area contributed by atoms with Crippen LogP contribution in [0.4, 0.5) is 0 Å². The summed E-state index contributed by atoms with van der Waals surface area (Å²) in [6.07, 6.45) is 0. The third-order valence-electron chi connectivity index (χ3n) is 2.74. The summed E-state index contributed by atoms with van der Waals surface area (Å²) >= 11 is 3.05. The van der Waals surface area contributed by atoms with Crippen molar-refractivity contribution in [2.24, 2.45) is 5.92 Å². The summed E-state index contributed by atoms with van der Waals surface area (Å²) in [6, 6.07) is 1.98. The van der Waals surface area contributed by atoms with Gasteiger partial charge in [0.15, 0.2) is 0 Å². The second-order valence-corrected chi connectivity index (χ2v) is 6.39. The Labute approximate surface area is 131 Å². The van der Waals surface area contributed by atoms with Crippen LogP contribution < -0.4 is 10.6 Å². The van der Waals surface area contributed by atoms with Crippen molar-refractivity contribution in [2.75, 3.05) is 13.1 Å². The second kappa shape index (κ2) is 7.33. The summed E-state index contributed by atoms with van der Waals surface area (Å²) in [5.74, 6) is -0.281. The highest BCUT2D eigenvalue weighted by atomic mass is 32.1. The maximum Gasteiger partial charge on any atom is 0.270 e. The number of aromatic nitrogens is 1. The topological polar surface area (TPSA) is 71.1 Å². The Kier molecular flexibility index (Phi) is 5.46. The minimum Gasteiger partial charge on any atom is -0.354 e. The number of nitrogens with zero attached hydrogens (tertiary/aromatic N) is 1. The fraction of sp³-hybridized carbons (Fsp3) is 0.357. The molecule has 0 saturated carbocycles. The number of hydrogen-bond donors (Lipinski definition) is 2. The van der Waals surface area contributed by atoms with Crippen molar-refractivity contribution in [3.63, 3.8) is 0 Å². The molecule has 0 radical (unpaired) electrons. The molecule has 2 aromatic rings. The summed E-state index contributed by atoms with van der Waals surface area (Å²) in [4.78, 5) is 27.6. The van der Waals surface area contributed by atoms with Crippen molar-refractivity contribution in [1.82, 2.24) is 15.6 Å². The Morgan fingerprint density at radius 1 is 1.24 bits per heavy atom. The molecule has 0 fully saturated rings. The van der Waals surface area contributed by atoms with Crippen molar-refractivity contribution in [3.05, 3.63) is 27.9 Å². The number of nitrogens with one attached hydrogen (secondary N) is 2. The van der Waals surface area contributed by atoms with Gasteiger partial charge in [0.1, 0.15) is 10.7 Å². The van der Waals surface area contributed by atoms with Gasteiger partial charge in [-0.25, -0.2) is 4.98 Å². The fourth-order valence-electron chi connectivity index (χ4n) is 1.55. The lowest BCUT2D eigenvalue weighted by Crippen LogP contribution is -2.36. The van der Waals surface area contributed by atoms with Gasteiger partial charge in [-0.15, -0.1) is 11.3 Å². The van der Waals surface area contributed by atoms with Crippen molar-refractivity contribution in [2.45, 2.75) is 13.8 Å². The third-order valence-corrected chi connectivity index (χ3v) is 4.31. The number of amides is 2. The third kappa shape index (κ3) is 4.37. The maximum absolute atomic E-state index is 11.9. The van der Waals surface area contributed by atoms with E-state index < -0.39 is 0 Å². The first kappa shape index (κ1) is 15.7. The fourth-order valence-corrected chi connectivity index (χ4v) is 3.07. The van der Waals surface area contributed by atoms with Gasteiger partial charge in [-0.05, 0) is 11.4 Å². The van der Waals surface area contributed by atoms with Gasteiger partial charge in [-0.1, -0.05) is 13.8 Å². The normalized spacial score (nSPS) is 10.6. The Bertz CT molecular complexity index is 606. The van der Waals surface area contributed by atoms with Crippen molar-refractivity contribution >= 4 is 34.5 Å². The minimum absolute atomic E-state index is 0.0161. The Morgan fingerprint density at radius 2 is 2.00 bits per heavy atom. The second-order valence-electron chi connectivity index (χ2n) is 4.75. The number of rotatable bonds is 6. The van der Waals surface area contributed by atoms with Gasteiger partial charge in [0.05, 0.1) is 0 Å². The van der Waals surface area contributed by atoms with E-state index in [0.717, 1.165) is 10.6 Å². The number of carbonyl (C=O) groups excluding carboxylic acids is 2. The highest BCUT2D eigenvalue weighted by molar-refractivity contribution is 7.14. The molecular weight excluding hydrogens is 306 g/mol. The van der Waals surface area contributed by atoms with Crippen LogP contribution in [0.15, 0.2) is 22.2 Å². The molecule has 0 aliphatic heterocycles. The summed E-state index contributed by atoms with van der Waals surface area (Å²) in [6.45, 7) is 4.47. The molecule has 112 valence electrons. The molecule has 0 atom stereocenters. The van der Waals surface area contributed by atoms with E-state index in [1.165, 1.54) is 11.3 Å². The zero-order valence-corrected chi connectivity index (χ0v) is 13.5. The van der Waals surface area contributed by atoms with E-state index in [0.29, 0.717) is 18.8 Å². The van der Waals surface area contributed by atoms with Gasteiger partial charge in [0, 0.05) is 35.3 Å². The minimum atomic E-state index is -0.216. The molecule has 0 spiro atoms. The average Bonchev–Trinajstić information content (AvgIpc) is 3.12. The molecule has 0 saturated heterocycles. The van der Waals surface area contributed by atoms with Crippen LogP contribution in [0.5, 0.6) is 0 Å². The van der Waals surface area contributed by atoms with Crippen molar-refractivity contribution in [3.8, 4) is 10.6 Å². The van der Waals surface area contributed by atoms with Gasteiger partial charge in [0.25, 0.3) is 5.91 Å². The Balaban J connectivity index is 1.80. The summed E-state index contributed by atoms with van der Waals surface area (Å²) in [7, 11) is 0. The Hall–Kier alpha value is -1.73. The molecule has 5 nitrogen and oxygen atoms in total. The first-order valence-corrected chi connectivity index (χ1v) is 8.44. The number of carbonyl (C=O) groups is 2. The molecule has 21 heavy (non-hydrogen) atoms. The molecule has 0 unspecified atom stereocenters. The van der Waals surface area contributed by atoms with Crippen LogP contribution >= 0.6 is 22.7 Å². The zero-order chi connectivity index (χ0) is 15.2. The molecule has 0 aromatic carbocycles. The van der Waals surface area contributed by atoms with Gasteiger partial charge in [-0.3, -0.25) is 9.59 Å². The lowest BCUT2D eigenvalue weighted by Gasteiger charge is -2.07. The molecule has 2 amide bonds. The van der Waals surface area contributed by atoms with Crippen LogP contribution in [0, 0.1) is 5.92 Å². The predicted octanol–water partition coefficient (Wildman–Crippen LogP) is 2.37. The van der Waals surface area contributed by atoms with Crippen LogP contribution in [0.2, 0.25) is 0 Å². The molecule has 2 aromatic heterocycles. The standard InChI is InChI=1S/C14H17N3O2S2/c1-9(2)12(18)15-4-5-16-13(19)11-8-21-14(17-11)10-3-6-20-7-10/h3,6-9H,4-5H2,1-2H3,(H,15,18)(H,16,19). The zero-order valence-electron chi connectivity index (χ0n) is 11.9. The van der Waals surface area contributed by atoms with E-state index >= 15 is 0 Å². The molecule has 2 N–H and O–H groups in total. The van der Waals surface area contributed by atoms with Gasteiger partial charge >= 0.3 is 0 Å².